The van der Waals surface area contributed by atoms with E-state index in [0.717, 1.165) is 11.3 Å². The minimum absolute atomic E-state index is 0.0461. The molecule has 0 bridgehead atoms. The van der Waals surface area contributed by atoms with Crippen molar-refractivity contribution in [1.29, 1.82) is 0 Å². The van der Waals surface area contributed by atoms with Crippen molar-refractivity contribution in [2.75, 3.05) is 11.9 Å². The summed E-state index contributed by atoms with van der Waals surface area (Å²) in [6.45, 7) is 3.27. The SMILES string of the molecule is CCOC(=O)c1sc(-c2ccnc(NC(C)=O)c2)nc1O. The van der Waals surface area contributed by atoms with E-state index >= 15 is 0 Å². The lowest BCUT2D eigenvalue weighted by atomic mass is 10.3. The summed E-state index contributed by atoms with van der Waals surface area (Å²) in [5, 5.41) is 12.7. The summed E-state index contributed by atoms with van der Waals surface area (Å²) < 4.78 is 4.84. The molecule has 0 unspecified atom stereocenters. The van der Waals surface area contributed by atoms with E-state index in [2.05, 4.69) is 15.3 Å². The van der Waals surface area contributed by atoms with Gasteiger partial charge in [-0.25, -0.2) is 14.8 Å². The molecule has 0 atom stereocenters. The number of hydrogen-bond acceptors (Lipinski definition) is 7. The van der Waals surface area contributed by atoms with E-state index in [4.69, 9.17) is 4.74 Å². The minimum atomic E-state index is -0.616. The van der Waals surface area contributed by atoms with Gasteiger partial charge in [0.05, 0.1) is 6.61 Å². The lowest BCUT2D eigenvalue weighted by Gasteiger charge is -2.02. The number of esters is 1. The average Bonchev–Trinajstić information content (AvgIpc) is 2.81. The molecule has 7 nitrogen and oxygen atoms in total. The Bertz CT molecular complexity index is 684. The van der Waals surface area contributed by atoms with Crippen LogP contribution in [0, 0.1) is 0 Å². The molecule has 2 heterocycles. The fraction of sp³-hybridized carbons (Fsp3) is 0.231. The van der Waals surface area contributed by atoms with Gasteiger partial charge in [-0.2, -0.15) is 0 Å². The van der Waals surface area contributed by atoms with E-state index in [0.29, 0.717) is 16.4 Å². The molecule has 2 rings (SSSR count). The van der Waals surface area contributed by atoms with Crippen molar-refractivity contribution in [3.8, 4) is 16.5 Å². The largest absolute Gasteiger partial charge is 0.492 e. The number of nitrogens with zero attached hydrogens (tertiary/aromatic N) is 2. The van der Waals surface area contributed by atoms with Crippen LogP contribution in [0.5, 0.6) is 5.88 Å². The number of rotatable bonds is 4. The fourth-order valence-electron chi connectivity index (χ4n) is 1.58. The first-order chi connectivity index (χ1) is 10.0. The van der Waals surface area contributed by atoms with E-state index in [-0.39, 0.29) is 23.3 Å². The zero-order valence-electron chi connectivity index (χ0n) is 11.4. The van der Waals surface area contributed by atoms with Gasteiger partial charge in [0, 0.05) is 18.7 Å². The van der Waals surface area contributed by atoms with E-state index in [9.17, 15) is 14.7 Å². The number of pyridine rings is 1. The second-order valence-electron chi connectivity index (χ2n) is 4.00. The Kier molecular flexibility index (Phi) is 4.49. The van der Waals surface area contributed by atoms with Gasteiger partial charge in [0.1, 0.15) is 10.8 Å². The zero-order chi connectivity index (χ0) is 15.4. The maximum Gasteiger partial charge on any atom is 0.353 e. The van der Waals surface area contributed by atoms with Crippen molar-refractivity contribution in [1.82, 2.24) is 9.97 Å². The summed E-state index contributed by atoms with van der Waals surface area (Å²) >= 11 is 1.01. The van der Waals surface area contributed by atoms with Gasteiger partial charge in [-0.1, -0.05) is 0 Å². The summed E-state index contributed by atoms with van der Waals surface area (Å²) in [7, 11) is 0. The molecule has 0 spiro atoms. The molecule has 2 aromatic heterocycles. The van der Waals surface area contributed by atoms with Gasteiger partial charge in [-0.15, -0.1) is 11.3 Å². The Morgan fingerprint density at radius 3 is 2.90 bits per heavy atom. The van der Waals surface area contributed by atoms with Crippen LogP contribution in [0.4, 0.5) is 5.82 Å². The normalized spacial score (nSPS) is 10.2. The van der Waals surface area contributed by atoms with Crippen molar-refractivity contribution >= 4 is 29.0 Å². The first-order valence-corrected chi connectivity index (χ1v) is 6.93. The Morgan fingerprint density at radius 1 is 1.48 bits per heavy atom. The molecule has 0 aliphatic heterocycles. The number of nitrogens with one attached hydrogen (secondary N) is 1. The highest BCUT2D eigenvalue weighted by atomic mass is 32.1. The van der Waals surface area contributed by atoms with Crippen molar-refractivity contribution < 1.29 is 19.4 Å². The average molecular weight is 307 g/mol. The van der Waals surface area contributed by atoms with E-state index in [1.165, 1.54) is 13.1 Å². The third-order valence-corrected chi connectivity index (χ3v) is 3.45. The standard InChI is InChI=1S/C13H13N3O4S/c1-3-20-13(19)10-11(18)16-12(21-10)8-4-5-14-9(6-8)15-7(2)17/h4-6,18H,3H2,1-2H3,(H,14,15,17). The lowest BCUT2D eigenvalue weighted by Crippen LogP contribution is -2.07. The van der Waals surface area contributed by atoms with Gasteiger partial charge >= 0.3 is 5.97 Å². The second kappa shape index (κ2) is 6.31. The van der Waals surface area contributed by atoms with E-state index < -0.39 is 5.97 Å². The number of aromatic hydroxyl groups is 1. The van der Waals surface area contributed by atoms with Crippen molar-refractivity contribution in [2.24, 2.45) is 0 Å². The molecule has 110 valence electrons. The predicted molar refractivity (Wildman–Crippen MR) is 77.3 cm³/mol. The van der Waals surface area contributed by atoms with Crippen LogP contribution < -0.4 is 5.32 Å². The van der Waals surface area contributed by atoms with Crippen molar-refractivity contribution in [3.05, 3.63) is 23.2 Å². The molecule has 2 N–H and O–H groups in total. The molecular weight excluding hydrogens is 294 g/mol. The van der Waals surface area contributed by atoms with Crippen LogP contribution in [0.3, 0.4) is 0 Å². The summed E-state index contributed by atoms with van der Waals surface area (Å²) in [5.74, 6) is -0.859. The third kappa shape index (κ3) is 3.54. The second-order valence-corrected chi connectivity index (χ2v) is 5.00. The molecule has 21 heavy (non-hydrogen) atoms. The number of carbonyl (C=O) groups is 2. The molecule has 0 fully saturated rings. The lowest BCUT2D eigenvalue weighted by molar-refractivity contribution is -0.114. The van der Waals surface area contributed by atoms with E-state index in [1.807, 2.05) is 0 Å². The highest BCUT2D eigenvalue weighted by molar-refractivity contribution is 7.17. The molecule has 2 aromatic rings. The molecule has 0 aromatic carbocycles. The van der Waals surface area contributed by atoms with Crippen LogP contribution >= 0.6 is 11.3 Å². The van der Waals surface area contributed by atoms with E-state index in [1.54, 1.807) is 19.1 Å². The topological polar surface area (TPSA) is 101 Å². The molecule has 0 aliphatic rings. The molecule has 0 aliphatic carbocycles. The smallest absolute Gasteiger partial charge is 0.353 e. The molecule has 1 amide bonds. The van der Waals surface area contributed by atoms with Gasteiger partial charge in [0.25, 0.3) is 0 Å². The number of carbonyl (C=O) groups excluding carboxylic acids is 2. The number of aromatic nitrogens is 2. The number of hydrogen-bond donors (Lipinski definition) is 2. The van der Waals surface area contributed by atoms with Crippen LogP contribution in [0.1, 0.15) is 23.5 Å². The van der Waals surface area contributed by atoms with Crippen LogP contribution in [0.2, 0.25) is 0 Å². The van der Waals surface area contributed by atoms with Crippen LogP contribution in [-0.4, -0.2) is 33.6 Å². The Balaban J connectivity index is 2.32. The van der Waals surface area contributed by atoms with Gasteiger partial charge in [-0.05, 0) is 19.1 Å². The highest BCUT2D eigenvalue weighted by Gasteiger charge is 2.19. The molecule has 0 saturated heterocycles. The number of ether oxygens (including phenoxy) is 1. The monoisotopic (exact) mass is 307 g/mol. The molecule has 0 saturated carbocycles. The summed E-state index contributed by atoms with van der Waals surface area (Å²) in [4.78, 5) is 30.6. The van der Waals surface area contributed by atoms with Gasteiger partial charge < -0.3 is 15.2 Å². The predicted octanol–water partition coefficient (Wildman–Crippen LogP) is 2.05. The molecular formula is C13H13N3O4S. The minimum Gasteiger partial charge on any atom is -0.492 e. The summed E-state index contributed by atoms with van der Waals surface area (Å²) in [5.41, 5.74) is 0.629. The van der Waals surface area contributed by atoms with Gasteiger partial charge in [0.15, 0.2) is 4.88 Å². The zero-order valence-corrected chi connectivity index (χ0v) is 12.2. The number of thiazole rings is 1. The number of anilines is 1. The van der Waals surface area contributed by atoms with Crippen LogP contribution in [0.15, 0.2) is 18.3 Å². The van der Waals surface area contributed by atoms with Gasteiger partial charge in [0.2, 0.25) is 11.8 Å². The van der Waals surface area contributed by atoms with Crippen LogP contribution in [-0.2, 0) is 9.53 Å². The van der Waals surface area contributed by atoms with Crippen LogP contribution in [0.25, 0.3) is 10.6 Å². The Hall–Kier alpha value is -2.48. The Morgan fingerprint density at radius 2 is 2.24 bits per heavy atom. The van der Waals surface area contributed by atoms with Crippen molar-refractivity contribution in [3.63, 3.8) is 0 Å². The first kappa shape index (κ1) is 14.9. The quantitative estimate of drug-likeness (QED) is 0.838. The van der Waals surface area contributed by atoms with Crippen molar-refractivity contribution in [2.45, 2.75) is 13.8 Å². The molecule has 8 heteroatoms. The highest BCUT2D eigenvalue weighted by Crippen LogP contribution is 2.32. The Labute approximate surface area is 124 Å². The summed E-state index contributed by atoms with van der Waals surface area (Å²) in [6.07, 6.45) is 1.50. The fourth-order valence-corrected chi connectivity index (χ4v) is 2.43. The third-order valence-electron chi connectivity index (χ3n) is 2.38. The van der Waals surface area contributed by atoms with Gasteiger partial charge in [-0.3, -0.25) is 4.79 Å². The maximum absolute atomic E-state index is 11.6. The number of amides is 1. The maximum atomic E-state index is 11.6. The molecule has 0 radical (unpaired) electrons. The summed E-state index contributed by atoms with van der Waals surface area (Å²) in [6, 6.07) is 3.27. The first-order valence-electron chi connectivity index (χ1n) is 6.12.